The molecule has 0 saturated carbocycles. The SMILES string of the molecule is O=C(c1cc(=O)c(OCc2ccccc2)co1)N1CCCCCC1. The van der Waals surface area contributed by atoms with Gasteiger partial charge in [0.1, 0.15) is 12.9 Å². The first kappa shape index (κ1) is 16.3. The molecule has 0 unspecified atom stereocenters. The second kappa shape index (κ2) is 7.81. The molecule has 5 heteroatoms. The summed E-state index contributed by atoms with van der Waals surface area (Å²) in [5.74, 6) is -0.0242. The topological polar surface area (TPSA) is 59.8 Å². The van der Waals surface area contributed by atoms with Crippen LogP contribution in [0.2, 0.25) is 0 Å². The molecule has 2 aromatic rings. The molecule has 2 heterocycles. The molecule has 126 valence electrons. The van der Waals surface area contributed by atoms with Gasteiger partial charge in [-0.25, -0.2) is 0 Å². The van der Waals surface area contributed by atoms with E-state index in [1.807, 2.05) is 30.3 Å². The molecule has 5 nitrogen and oxygen atoms in total. The van der Waals surface area contributed by atoms with E-state index in [0.29, 0.717) is 0 Å². The Labute approximate surface area is 140 Å². The number of benzene rings is 1. The third kappa shape index (κ3) is 4.04. The Morgan fingerprint density at radius 2 is 1.79 bits per heavy atom. The number of rotatable bonds is 4. The lowest BCUT2D eigenvalue weighted by atomic mass is 10.2. The van der Waals surface area contributed by atoms with Crippen molar-refractivity contribution in [3.8, 4) is 5.75 Å². The molecule has 1 aliphatic rings. The zero-order valence-electron chi connectivity index (χ0n) is 13.6. The third-order valence-electron chi connectivity index (χ3n) is 4.14. The maximum absolute atomic E-state index is 12.4. The second-order valence-corrected chi connectivity index (χ2v) is 5.95. The van der Waals surface area contributed by atoms with Crippen molar-refractivity contribution < 1.29 is 13.9 Å². The average molecular weight is 327 g/mol. The van der Waals surface area contributed by atoms with Gasteiger partial charge in [-0.1, -0.05) is 43.2 Å². The highest BCUT2D eigenvalue weighted by molar-refractivity contribution is 5.91. The molecule has 0 radical (unpaired) electrons. The number of hydrogen-bond acceptors (Lipinski definition) is 4. The summed E-state index contributed by atoms with van der Waals surface area (Å²) >= 11 is 0. The first-order valence-corrected chi connectivity index (χ1v) is 8.33. The molecular weight excluding hydrogens is 306 g/mol. The summed E-state index contributed by atoms with van der Waals surface area (Å²) in [7, 11) is 0. The van der Waals surface area contributed by atoms with Crippen molar-refractivity contribution in [1.82, 2.24) is 4.90 Å². The van der Waals surface area contributed by atoms with Crippen molar-refractivity contribution in [2.24, 2.45) is 0 Å². The number of hydrogen-bond donors (Lipinski definition) is 0. The van der Waals surface area contributed by atoms with Crippen LogP contribution >= 0.6 is 0 Å². The molecule has 0 bridgehead atoms. The van der Waals surface area contributed by atoms with Gasteiger partial charge in [0.05, 0.1) is 0 Å². The van der Waals surface area contributed by atoms with E-state index in [4.69, 9.17) is 9.15 Å². The van der Waals surface area contributed by atoms with Crippen LogP contribution in [0.1, 0.15) is 41.8 Å². The summed E-state index contributed by atoms with van der Waals surface area (Å²) in [5, 5.41) is 0. The van der Waals surface area contributed by atoms with Gasteiger partial charge in [0.15, 0.2) is 5.76 Å². The molecule has 24 heavy (non-hydrogen) atoms. The molecule has 0 N–H and O–H groups in total. The predicted octanol–water partition coefficient (Wildman–Crippen LogP) is 3.24. The normalized spacial score (nSPS) is 14.9. The van der Waals surface area contributed by atoms with E-state index in [2.05, 4.69) is 0 Å². The van der Waals surface area contributed by atoms with E-state index >= 15 is 0 Å². The molecule has 0 atom stereocenters. The highest BCUT2D eigenvalue weighted by Gasteiger charge is 2.20. The Morgan fingerprint density at radius 3 is 2.46 bits per heavy atom. The van der Waals surface area contributed by atoms with Crippen molar-refractivity contribution in [2.75, 3.05) is 13.1 Å². The number of carbonyl (C=O) groups excluding carboxylic acids is 1. The summed E-state index contributed by atoms with van der Waals surface area (Å²) in [5.41, 5.74) is 0.622. The van der Waals surface area contributed by atoms with Crippen LogP contribution in [-0.2, 0) is 6.61 Å². The van der Waals surface area contributed by atoms with Gasteiger partial charge < -0.3 is 14.1 Å². The lowest BCUT2D eigenvalue weighted by Crippen LogP contribution is -2.32. The van der Waals surface area contributed by atoms with Gasteiger partial charge in [0, 0.05) is 19.2 Å². The minimum atomic E-state index is -0.338. The second-order valence-electron chi connectivity index (χ2n) is 5.95. The van der Waals surface area contributed by atoms with Crippen LogP contribution in [-0.4, -0.2) is 23.9 Å². The Balaban J connectivity index is 1.67. The zero-order valence-corrected chi connectivity index (χ0v) is 13.6. The summed E-state index contributed by atoms with van der Waals surface area (Å²) in [6.07, 6.45) is 5.50. The Morgan fingerprint density at radius 1 is 1.08 bits per heavy atom. The summed E-state index contributed by atoms with van der Waals surface area (Å²) in [4.78, 5) is 26.4. The van der Waals surface area contributed by atoms with Gasteiger partial charge in [0.2, 0.25) is 11.2 Å². The molecule has 3 rings (SSSR count). The number of ether oxygens (including phenoxy) is 1. The van der Waals surface area contributed by atoms with Crippen molar-refractivity contribution in [3.63, 3.8) is 0 Å². The maximum Gasteiger partial charge on any atom is 0.289 e. The number of nitrogens with zero attached hydrogens (tertiary/aromatic N) is 1. The Hall–Kier alpha value is -2.56. The molecule has 1 saturated heterocycles. The lowest BCUT2D eigenvalue weighted by molar-refractivity contribution is 0.0726. The first-order chi connectivity index (χ1) is 11.7. The van der Waals surface area contributed by atoms with Crippen LogP contribution in [0, 0.1) is 0 Å². The highest BCUT2D eigenvalue weighted by Crippen LogP contribution is 2.14. The van der Waals surface area contributed by atoms with Gasteiger partial charge in [-0.3, -0.25) is 9.59 Å². The highest BCUT2D eigenvalue weighted by atomic mass is 16.5. The standard InChI is InChI=1S/C19H21NO4/c21-16-12-17(19(22)20-10-6-1-2-7-11-20)24-14-18(16)23-13-15-8-4-3-5-9-15/h3-5,8-9,12,14H,1-2,6-7,10-11,13H2. The third-order valence-corrected chi connectivity index (χ3v) is 4.14. The van der Waals surface area contributed by atoms with Gasteiger partial charge >= 0.3 is 0 Å². The fraction of sp³-hybridized carbons (Fsp3) is 0.368. The summed E-state index contributed by atoms with van der Waals surface area (Å²) < 4.78 is 10.9. The van der Waals surface area contributed by atoms with Gasteiger partial charge in [0.25, 0.3) is 5.91 Å². The van der Waals surface area contributed by atoms with Crippen molar-refractivity contribution in [1.29, 1.82) is 0 Å². The van der Waals surface area contributed by atoms with Crippen molar-refractivity contribution in [3.05, 3.63) is 64.2 Å². The van der Waals surface area contributed by atoms with Crippen LogP contribution in [0.5, 0.6) is 5.75 Å². The molecule has 1 aliphatic heterocycles. The number of carbonyl (C=O) groups is 1. The van der Waals surface area contributed by atoms with Crippen LogP contribution < -0.4 is 10.2 Å². The van der Waals surface area contributed by atoms with E-state index in [9.17, 15) is 9.59 Å². The Bertz CT molecular complexity index is 731. The first-order valence-electron chi connectivity index (χ1n) is 8.33. The summed E-state index contributed by atoms with van der Waals surface area (Å²) in [6, 6.07) is 10.8. The molecule has 1 amide bonds. The van der Waals surface area contributed by atoms with Gasteiger partial charge in [-0.05, 0) is 18.4 Å². The minimum Gasteiger partial charge on any atom is -0.482 e. The fourth-order valence-electron chi connectivity index (χ4n) is 2.78. The molecule has 1 fully saturated rings. The van der Waals surface area contributed by atoms with Crippen LogP contribution in [0.3, 0.4) is 0 Å². The smallest absolute Gasteiger partial charge is 0.289 e. The largest absolute Gasteiger partial charge is 0.482 e. The molecule has 0 spiro atoms. The van der Waals surface area contributed by atoms with E-state index in [-0.39, 0.29) is 29.5 Å². The zero-order chi connectivity index (χ0) is 16.8. The lowest BCUT2D eigenvalue weighted by Gasteiger charge is -2.19. The van der Waals surface area contributed by atoms with E-state index in [1.165, 1.54) is 12.3 Å². The maximum atomic E-state index is 12.4. The minimum absolute atomic E-state index is 0.0777. The summed E-state index contributed by atoms with van der Waals surface area (Å²) in [6.45, 7) is 1.72. The number of likely N-dealkylation sites (tertiary alicyclic amines) is 1. The van der Waals surface area contributed by atoms with E-state index in [1.54, 1.807) is 4.90 Å². The van der Waals surface area contributed by atoms with Gasteiger partial charge in [-0.15, -0.1) is 0 Å². The van der Waals surface area contributed by atoms with Crippen molar-refractivity contribution in [2.45, 2.75) is 32.3 Å². The molecule has 1 aromatic carbocycles. The monoisotopic (exact) mass is 327 g/mol. The predicted molar refractivity (Wildman–Crippen MR) is 90.1 cm³/mol. The average Bonchev–Trinajstić information content (AvgIpc) is 2.90. The molecule has 0 aliphatic carbocycles. The van der Waals surface area contributed by atoms with Crippen LogP contribution in [0.4, 0.5) is 0 Å². The number of amides is 1. The molecule has 1 aromatic heterocycles. The van der Waals surface area contributed by atoms with Crippen LogP contribution in [0.25, 0.3) is 0 Å². The quantitative estimate of drug-likeness (QED) is 0.865. The van der Waals surface area contributed by atoms with E-state index < -0.39 is 0 Å². The fourth-order valence-corrected chi connectivity index (χ4v) is 2.78. The van der Waals surface area contributed by atoms with Crippen molar-refractivity contribution >= 4 is 5.91 Å². The van der Waals surface area contributed by atoms with E-state index in [0.717, 1.165) is 44.3 Å². The van der Waals surface area contributed by atoms with Gasteiger partial charge in [-0.2, -0.15) is 0 Å². The Kier molecular flexibility index (Phi) is 5.31. The molecular formula is C19H21NO4. The van der Waals surface area contributed by atoms with Crippen LogP contribution in [0.15, 0.2) is 51.9 Å².